The first kappa shape index (κ1) is 23.0. The van der Waals surface area contributed by atoms with Crippen molar-refractivity contribution in [2.75, 3.05) is 33.8 Å². The Kier molecular flexibility index (Phi) is 7.18. The van der Waals surface area contributed by atoms with E-state index in [0.717, 1.165) is 21.3 Å². The molecule has 0 aliphatic carbocycles. The van der Waals surface area contributed by atoms with Gasteiger partial charge in [0.25, 0.3) is 11.7 Å². The van der Waals surface area contributed by atoms with E-state index < -0.39 is 17.7 Å². The van der Waals surface area contributed by atoms with Gasteiger partial charge in [0.2, 0.25) is 0 Å². The number of hydrogen-bond acceptors (Lipinski definition) is 5. The van der Waals surface area contributed by atoms with E-state index in [1.807, 2.05) is 57.1 Å². The van der Waals surface area contributed by atoms with Gasteiger partial charge >= 0.3 is 0 Å². The van der Waals surface area contributed by atoms with Gasteiger partial charge in [0.1, 0.15) is 11.5 Å². The van der Waals surface area contributed by atoms with Gasteiger partial charge in [-0.1, -0.05) is 28.1 Å². The van der Waals surface area contributed by atoms with Crippen LogP contribution in [0.15, 0.2) is 52.5 Å². The fraction of sp³-hybridized carbons (Fsp3) is 0.333. The van der Waals surface area contributed by atoms with Crippen LogP contribution in [0.4, 0.5) is 0 Å². The number of ether oxygens (including phenoxy) is 1. The van der Waals surface area contributed by atoms with E-state index >= 15 is 0 Å². The second-order valence-electron chi connectivity index (χ2n) is 7.76. The van der Waals surface area contributed by atoms with Gasteiger partial charge in [0, 0.05) is 23.1 Å². The summed E-state index contributed by atoms with van der Waals surface area (Å²) in [6, 6.07) is 12.0. The zero-order chi connectivity index (χ0) is 22.7. The SMILES string of the molecule is CCOc1ccc(/C(O)=C2/C(=O)C(=O)N(CCN(C)C)C2c2ccc(Br)cc2)cc1C. The highest BCUT2D eigenvalue weighted by Gasteiger charge is 2.45. The molecule has 0 aromatic heterocycles. The fourth-order valence-electron chi connectivity index (χ4n) is 3.68. The van der Waals surface area contributed by atoms with Crippen molar-refractivity contribution < 1.29 is 19.4 Å². The molecule has 1 heterocycles. The number of halogens is 1. The summed E-state index contributed by atoms with van der Waals surface area (Å²) in [5.41, 5.74) is 2.20. The maximum atomic E-state index is 13.0. The van der Waals surface area contributed by atoms with Gasteiger partial charge in [-0.2, -0.15) is 0 Å². The Bertz CT molecular complexity index is 1010. The molecule has 1 N–H and O–H groups in total. The van der Waals surface area contributed by atoms with Crippen molar-refractivity contribution in [3.8, 4) is 5.75 Å². The molecule has 7 heteroatoms. The number of likely N-dealkylation sites (tertiary alicyclic amines) is 1. The number of benzene rings is 2. The molecule has 1 saturated heterocycles. The summed E-state index contributed by atoms with van der Waals surface area (Å²) in [5.74, 6) is -0.727. The van der Waals surface area contributed by atoms with Gasteiger partial charge in [0.05, 0.1) is 18.2 Å². The average molecular weight is 487 g/mol. The number of carbonyl (C=O) groups excluding carboxylic acids is 2. The minimum Gasteiger partial charge on any atom is -0.507 e. The van der Waals surface area contributed by atoms with Crippen molar-refractivity contribution in [1.29, 1.82) is 0 Å². The van der Waals surface area contributed by atoms with Crippen LogP contribution in [0.1, 0.15) is 29.7 Å². The van der Waals surface area contributed by atoms with Gasteiger partial charge in [-0.3, -0.25) is 9.59 Å². The number of aryl methyl sites for hydroxylation is 1. The van der Waals surface area contributed by atoms with Crippen molar-refractivity contribution in [1.82, 2.24) is 9.80 Å². The largest absolute Gasteiger partial charge is 0.507 e. The van der Waals surface area contributed by atoms with Crippen LogP contribution in [0.25, 0.3) is 5.76 Å². The van der Waals surface area contributed by atoms with E-state index in [1.54, 1.807) is 23.1 Å². The Hall–Kier alpha value is -2.64. The molecule has 1 fully saturated rings. The topological polar surface area (TPSA) is 70.1 Å². The molecule has 1 amide bonds. The third kappa shape index (κ3) is 4.83. The molecule has 164 valence electrons. The predicted molar refractivity (Wildman–Crippen MR) is 124 cm³/mol. The maximum Gasteiger partial charge on any atom is 0.295 e. The van der Waals surface area contributed by atoms with Crippen molar-refractivity contribution >= 4 is 33.4 Å². The van der Waals surface area contributed by atoms with Crippen LogP contribution in [-0.2, 0) is 9.59 Å². The second kappa shape index (κ2) is 9.66. The zero-order valence-corrected chi connectivity index (χ0v) is 19.8. The van der Waals surface area contributed by atoms with Crippen LogP contribution >= 0.6 is 15.9 Å². The average Bonchev–Trinajstić information content (AvgIpc) is 2.98. The molecule has 1 atom stereocenters. The Balaban J connectivity index is 2.12. The second-order valence-corrected chi connectivity index (χ2v) is 8.68. The van der Waals surface area contributed by atoms with Crippen LogP contribution < -0.4 is 4.74 Å². The Morgan fingerprint density at radius 3 is 2.42 bits per heavy atom. The van der Waals surface area contributed by atoms with E-state index in [1.165, 1.54) is 0 Å². The normalized spacial score (nSPS) is 18.1. The van der Waals surface area contributed by atoms with Gasteiger partial charge in [-0.15, -0.1) is 0 Å². The van der Waals surface area contributed by atoms with Gasteiger partial charge in [-0.25, -0.2) is 0 Å². The van der Waals surface area contributed by atoms with Crippen LogP contribution in [0.3, 0.4) is 0 Å². The lowest BCUT2D eigenvalue weighted by atomic mass is 9.95. The van der Waals surface area contributed by atoms with E-state index in [-0.39, 0.29) is 11.3 Å². The molecule has 0 radical (unpaired) electrons. The van der Waals surface area contributed by atoms with E-state index in [4.69, 9.17) is 4.74 Å². The predicted octanol–water partition coefficient (Wildman–Crippen LogP) is 4.14. The molecule has 0 bridgehead atoms. The monoisotopic (exact) mass is 486 g/mol. The number of nitrogens with zero attached hydrogens (tertiary/aromatic N) is 2. The number of hydrogen-bond donors (Lipinski definition) is 1. The van der Waals surface area contributed by atoms with Gasteiger partial charge < -0.3 is 19.6 Å². The Morgan fingerprint density at radius 2 is 1.84 bits per heavy atom. The molecular weight excluding hydrogens is 460 g/mol. The van der Waals surface area contributed by atoms with Crippen molar-refractivity contribution in [2.45, 2.75) is 19.9 Å². The third-order valence-electron chi connectivity index (χ3n) is 5.26. The molecule has 0 saturated carbocycles. The number of carbonyl (C=O) groups is 2. The highest BCUT2D eigenvalue weighted by molar-refractivity contribution is 9.10. The van der Waals surface area contributed by atoms with E-state index in [0.29, 0.717) is 25.3 Å². The highest BCUT2D eigenvalue weighted by atomic mass is 79.9. The zero-order valence-electron chi connectivity index (χ0n) is 18.2. The molecule has 1 aliphatic heterocycles. The highest BCUT2D eigenvalue weighted by Crippen LogP contribution is 2.40. The molecule has 31 heavy (non-hydrogen) atoms. The molecule has 0 spiro atoms. The smallest absolute Gasteiger partial charge is 0.295 e. The van der Waals surface area contributed by atoms with E-state index in [9.17, 15) is 14.7 Å². The number of aliphatic hydroxyl groups is 1. The van der Waals surface area contributed by atoms with Crippen molar-refractivity contribution in [3.05, 3.63) is 69.2 Å². The molecule has 2 aromatic carbocycles. The first-order valence-electron chi connectivity index (χ1n) is 10.2. The molecule has 1 aliphatic rings. The van der Waals surface area contributed by atoms with Crippen molar-refractivity contribution in [2.24, 2.45) is 0 Å². The molecular formula is C24H27BrN2O4. The summed E-state index contributed by atoms with van der Waals surface area (Å²) in [4.78, 5) is 29.4. The van der Waals surface area contributed by atoms with Crippen LogP contribution in [-0.4, -0.2) is 60.4 Å². The van der Waals surface area contributed by atoms with Gasteiger partial charge in [-0.05, 0) is 69.4 Å². The van der Waals surface area contributed by atoms with E-state index in [2.05, 4.69) is 15.9 Å². The molecule has 3 rings (SSSR count). The summed E-state index contributed by atoms with van der Waals surface area (Å²) in [5, 5.41) is 11.2. The number of ketones is 1. The summed E-state index contributed by atoms with van der Waals surface area (Å²) in [6.07, 6.45) is 0. The van der Waals surface area contributed by atoms with Crippen LogP contribution in [0, 0.1) is 6.92 Å². The number of Topliss-reactive ketones (excluding diaryl/α,β-unsaturated/α-hetero) is 1. The standard InChI is InChI=1S/C24H27BrN2O4/c1-5-31-19-11-8-17(14-15(19)2)22(28)20-21(16-6-9-18(25)10-7-16)27(13-12-26(3)4)24(30)23(20)29/h6-11,14,21,28H,5,12-13H2,1-4H3/b22-20-. The number of amides is 1. The third-order valence-corrected chi connectivity index (χ3v) is 5.79. The van der Waals surface area contributed by atoms with Gasteiger partial charge in [0.15, 0.2) is 0 Å². The minimum atomic E-state index is -0.671. The number of aliphatic hydroxyl groups excluding tert-OH is 1. The molecule has 1 unspecified atom stereocenters. The Morgan fingerprint density at radius 1 is 1.16 bits per heavy atom. The number of likely N-dealkylation sites (N-methyl/N-ethyl adjacent to an activating group) is 1. The minimum absolute atomic E-state index is 0.106. The summed E-state index contributed by atoms with van der Waals surface area (Å²) < 4.78 is 6.46. The number of rotatable bonds is 7. The lowest BCUT2D eigenvalue weighted by Crippen LogP contribution is -2.35. The lowest BCUT2D eigenvalue weighted by molar-refractivity contribution is -0.140. The summed E-state index contributed by atoms with van der Waals surface area (Å²) in [7, 11) is 3.82. The first-order chi connectivity index (χ1) is 14.7. The molecule has 2 aromatic rings. The van der Waals surface area contributed by atoms with Crippen molar-refractivity contribution in [3.63, 3.8) is 0 Å². The summed E-state index contributed by atoms with van der Waals surface area (Å²) in [6.45, 7) is 5.29. The quantitative estimate of drug-likeness (QED) is 0.361. The lowest BCUT2D eigenvalue weighted by Gasteiger charge is -2.26. The fourth-order valence-corrected chi connectivity index (χ4v) is 3.94. The maximum absolute atomic E-state index is 13.0. The first-order valence-corrected chi connectivity index (χ1v) is 11.0. The molecule has 6 nitrogen and oxygen atoms in total. The summed E-state index contributed by atoms with van der Waals surface area (Å²) >= 11 is 3.42. The Labute approximate surface area is 191 Å². The van der Waals surface area contributed by atoms with Crippen LogP contribution in [0.2, 0.25) is 0 Å². The van der Waals surface area contributed by atoms with Crippen LogP contribution in [0.5, 0.6) is 5.75 Å².